The number of esters is 1. The van der Waals surface area contributed by atoms with E-state index in [-0.39, 0.29) is 12.4 Å². The zero-order valence-electron chi connectivity index (χ0n) is 17.6. The summed E-state index contributed by atoms with van der Waals surface area (Å²) in [5, 5.41) is 0.841. The Morgan fingerprint density at radius 1 is 0.967 bits per heavy atom. The molecular weight excluding hydrogens is 376 g/mol. The molecule has 0 spiro atoms. The van der Waals surface area contributed by atoms with Gasteiger partial charge >= 0.3 is 5.97 Å². The van der Waals surface area contributed by atoms with Gasteiger partial charge in [0.25, 0.3) is 0 Å². The van der Waals surface area contributed by atoms with Gasteiger partial charge in [-0.2, -0.15) is 0 Å². The summed E-state index contributed by atoms with van der Waals surface area (Å²) in [6, 6.07) is 17.5. The molecule has 4 rings (SSSR count). The molecule has 0 fully saturated rings. The Kier molecular flexibility index (Phi) is 5.04. The summed E-state index contributed by atoms with van der Waals surface area (Å²) in [6.45, 7) is 7.42. The van der Waals surface area contributed by atoms with Crippen molar-refractivity contribution in [2.75, 3.05) is 6.61 Å². The highest BCUT2D eigenvalue weighted by molar-refractivity contribution is 6.10. The lowest BCUT2D eigenvalue weighted by Crippen LogP contribution is -2.15. The topological polar surface area (TPSA) is 64.1 Å². The van der Waals surface area contributed by atoms with Crippen LogP contribution in [0.5, 0.6) is 0 Å². The van der Waals surface area contributed by atoms with E-state index in [0.29, 0.717) is 11.1 Å². The van der Waals surface area contributed by atoms with Gasteiger partial charge in [-0.3, -0.25) is 4.79 Å². The number of carbonyl (C=O) groups excluding carboxylic acids is 2. The van der Waals surface area contributed by atoms with Crippen LogP contribution in [0, 0.1) is 27.7 Å². The minimum absolute atomic E-state index is 0.217. The Labute approximate surface area is 175 Å². The molecule has 0 aliphatic carbocycles. The number of H-pyrrole nitrogens is 1. The van der Waals surface area contributed by atoms with E-state index in [1.54, 1.807) is 6.07 Å². The maximum absolute atomic E-state index is 12.8. The zero-order chi connectivity index (χ0) is 21.4. The first kappa shape index (κ1) is 19.7. The molecule has 0 aliphatic heterocycles. The molecule has 0 saturated heterocycles. The van der Waals surface area contributed by atoms with Gasteiger partial charge in [0.2, 0.25) is 5.78 Å². The highest BCUT2D eigenvalue weighted by Crippen LogP contribution is 2.24. The SMILES string of the molecule is Cc1ccc(-n2c(C)cc(C(=O)OCC(=O)c3c(C)[nH]c4ccccc34)c2C)cc1. The maximum atomic E-state index is 12.8. The van der Waals surface area contributed by atoms with E-state index in [1.807, 2.05) is 80.8 Å². The van der Waals surface area contributed by atoms with Crippen molar-refractivity contribution in [2.45, 2.75) is 27.7 Å². The molecule has 2 aromatic carbocycles. The highest BCUT2D eigenvalue weighted by atomic mass is 16.5. The van der Waals surface area contributed by atoms with Crippen molar-refractivity contribution in [3.05, 3.63) is 88.4 Å². The van der Waals surface area contributed by atoms with E-state index in [0.717, 1.165) is 33.7 Å². The number of nitrogens with one attached hydrogen (secondary N) is 1. The number of fused-ring (bicyclic) bond motifs is 1. The number of benzene rings is 2. The number of para-hydroxylation sites is 1. The fourth-order valence-electron chi connectivity index (χ4n) is 3.98. The number of hydrogen-bond acceptors (Lipinski definition) is 3. The molecule has 30 heavy (non-hydrogen) atoms. The van der Waals surface area contributed by atoms with E-state index in [4.69, 9.17) is 4.74 Å². The molecule has 2 aromatic heterocycles. The van der Waals surface area contributed by atoms with Crippen LogP contribution in [0.15, 0.2) is 54.6 Å². The van der Waals surface area contributed by atoms with Crippen LogP contribution in [0.25, 0.3) is 16.6 Å². The summed E-state index contributed by atoms with van der Waals surface area (Å²) in [7, 11) is 0. The number of nitrogens with zero attached hydrogens (tertiary/aromatic N) is 1. The summed E-state index contributed by atoms with van der Waals surface area (Å²) >= 11 is 0. The normalized spacial score (nSPS) is 11.1. The van der Waals surface area contributed by atoms with Crippen LogP contribution < -0.4 is 0 Å². The predicted octanol–water partition coefficient (Wildman–Crippen LogP) is 5.23. The smallest absolute Gasteiger partial charge is 0.340 e. The molecule has 0 aliphatic rings. The number of carbonyl (C=O) groups is 2. The molecule has 0 radical (unpaired) electrons. The van der Waals surface area contributed by atoms with Crippen LogP contribution in [0.4, 0.5) is 0 Å². The summed E-state index contributed by atoms with van der Waals surface area (Å²) in [5.74, 6) is -0.710. The molecule has 0 bridgehead atoms. The van der Waals surface area contributed by atoms with E-state index in [1.165, 1.54) is 5.56 Å². The van der Waals surface area contributed by atoms with Gasteiger partial charge < -0.3 is 14.3 Å². The lowest BCUT2D eigenvalue weighted by atomic mass is 10.1. The lowest BCUT2D eigenvalue weighted by molar-refractivity contribution is 0.0474. The van der Waals surface area contributed by atoms with Gasteiger partial charge in [-0.05, 0) is 52.0 Å². The van der Waals surface area contributed by atoms with E-state index in [9.17, 15) is 9.59 Å². The number of rotatable bonds is 5. The average Bonchev–Trinajstić information content (AvgIpc) is 3.22. The summed E-state index contributed by atoms with van der Waals surface area (Å²) in [4.78, 5) is 28.7. The molecule has 5 nitrogen and oxygen atoms in total. The Bertz CT molecular complexity index is 1260. The Morgan fingerprint density at radius 2 is 1.67 bits per heavy atom. The van der Waals surface area contributed by atoms with Gasteiger partial charge in [0.1, 0.15) is 0 Å². The quantitative estimate of drug-likeness (QED) is 0.368. The van der Waals surface area contributed by atoms with Crippen molar-refractivity contribution in [3.8, 4) is 5.69 Å². The van der Waals surface area contributed by atoms with E-state index >= 15 is 0 Å². The molecular formula is C25H24N2O3. The van der Waals surface area contributed by atoms with Gasteiger partial charge in [0, 0.05) is 39.2 Å². The van der Waals surface area contributed by atoms with Crippen molar-refractivity contribution in [1.82, 2.24) is 9.55 Å². The standard InChI is InChI=1S/C25H24N2O3/c1-15-9-11-19(12-10-15)27-16(2)13-21(18(27)4)25(29)30-14-23(28)24-17(3)26-22-8-6-5-7-20(22)24/h5-13,26H,14H2,1-4H3. The van der Waals surface area contributed by atoms with Crippen LogP contribution in [0.2, 0.25) is 0 Å². The predicted molar refractivity (Wildman–Crippen MR) is 118 cm³/mol. The minimum atomic E-state index is -0.493. The van der Waals surface area contributed by atoms with E-state index < -0.39 is 5.97 Å². The van der Waals surface area contributed by atoms with Gasteiger partial charge in [-0.25, -0.2) is 4.79 Å². The van der Waals surface area contributed by atoms with Crippen molar-refractivity contribution >= 4 is 22.7 Å². The van der Waals surface area contributed by atoms with Crippen LogP contribution in [0.3, 0.4) is 0 Å². The number of aryl methyl sites for hydroxylation is 3. The fraction of sp³-hybridized carbons (Fsp3) is 0.200. The van der Waals surface area contributed by atoms with Gasteiger partial charge in [0.05, 0.1) is 5.56 Å². The second-order valence-electron chi connectivity index (χ2n) is 7.63. The van der Waals surface area contributed by atoms with Crippen molar-refractivity contribution in [2.24, 2.45) is 0 Å². The number of ether oxygens (including phenoxy) is 1. The molecule has 152 valence electrons. The average molecular weight is 400 g/mol. The van der Waals surface area contributed by atoms with Crippen molar-refractivity contribution in [3.63, 3.8) is 0 Å². The number of Topliss-reactive ketones (excluding diaryl/α,β-unsaturated/α-hetero) is 1. The van der Waals surface area contributed by atoms with Crippen LogP contribution >= 0.6 is 0 Å². The van der Waals surface area contributed by atoms with E-state index in [2.05, 4.69) is 4.98 Å². The fourth-order valence-corrected chi connectivity index (χ4v) is 3.98. The zero-order valence-corrected chi connectivity index (χ0v) is 17.6. The minimum Gasteiger partial charge on any atom is -0.454 e. The first-order chi connectivity index (χ1) is 14.4. The van der Waals surface area contributed by atoms with Crippen LogP contribution in [-0.2, 0) is 4.74 Å². The number of aromatic amines is 1. The number of ketones is 1. The highest BCUT2D eigenvalue weighted by Gasteiger charge is 2.21. The first-order valence-corrected chi connectivity index (χ1v) is 9.90. The van der Waals surface area contributed by atoms with Crippen molar-refractivity contribution in [1.29, 1.82) is 0 Å². The molecule has 5 heteroatoms. The third kappa shape index (κ3) is 3.43. The second kappa shape index (κ2) is 7.67. The molecule has 2 heterocycles. The Hall–Kier alpha value is -3.60. The molecule has 0 amide bonds. The molecule has 1 N–H and O–H groups in total. The largest absolute Gasteiger partial charge is 0.454 e. The lowest BCUT2D eigenvalue weighted by Gasteiger charge is -2.10. The van der Waals surface area contributed by atoms with Crippen LogP contribution in [0.1, 0.15) is 43.4 Å². The summed E-state index contributed by atoms with van der Waals surface area (Å²) in [5.41, 5.74) is 6.59. The Morgan fingerprint density at radius 3 is 2.40 bits per heavy atom. The molecule has 0 unspecified atom stereocenters. The Balaban J connectivity index is 1.55. The van der Waals surface area contributed by atoms with Gasteiger partial charge in [-0.1, -0.05) is 35.9 Å². The van der Waals surface area contributed by atoms with Crippen molar-refractivity contribution < 1.29 is 14.3 Å². The monoisotopic (exact) mass is 400 g/mol. The number of aromatic nitrogens is 2. The summed E-state index contributed by atoms with van der Waals surface area (Å²) in [6.07, 6.45) is 0. The van der Waals surface area contributed by atoms with Crippen LogP contribution in [-0.4, -0.2) is 27.9 Å². The first-order valence-electron chi connectivity index (χ1n) is 9.90. The third-order valence-corrected chi connectivity index (χ3v) is 5.45. The second-order valence-corrected chi connectivity index (χ2v) is 7.63. The molecule has 0 atom stereocenters. The third-order valence-electron chi connectivity index (χ3n) is 5.45. The molecule has 4 aromatic rings. The summed E-state index contributed by atoms with van der Waals surface area (Å²) < 4.78 is 7.42. The van der Waals surface area contributed by atoms with Gasteiger partial charge in [0.15, 0.2) is 6.61 Å². The molecule has 0 saturated carbocycles. The number of hydrogen-bond donors (Lipinski definition) is 1. The maximum Gasteiger partial charge on any atom is 0.340 e. The van der Waals surface area contributed by atoms with Gasteiger partial charge in [-0.15, -0.1) is 0 Å².